The Morgan fingerprint density at radius 3 is 2.79 bits per heavy atom. The van der Waals surface area contributed by atoms with Gasteiger partial charge >= 0.3 is 5.69 Å². The molecule has 14 heavy (non-hydrogen) atoms. The Morgan fingerprint density at radius 2 is 2.29 bits per heavy atom. The number of nitro benzene ring substituents is 1. The lowest BCUT2D eigenvalue weighted by Gasteiger charge is -2.04. The molecule has 0 bridgehead atoms. The molecule has 0 saturated carbocycles. The van der Waals surface area contributed by atoms with Gasteiger partial charge in [-0.2, -0.15) is 0 Å². The van der Waals surface area contributed by atoms with Crippen molar-refractivity contribution in [1.29, 1.82) is 0 Å². The normalized spacial score (nSPS) is 9.86. The fourth-order valence-electron chi connectivity index (χ4n) is 1.07. The summed E-state index contributed by atoms with van der Waals surface area (Å²) in [5, 5.41) is 11.3. The summed E-state index contributed by atoms with van der Waals surface area (Å²) in [5.74, 6) is 0.321. The molecule has 0 aliphatic rings. The van der Waals surface area contributed by atoms with Crippen molar-refractivity contribution in [2.45, 2.75) is 12.3 Å². The van der Waals surface area contributed by atoms with E-state index in [1.807, 2.05) is 0 Å². The van der Waals surface area contributed by atoms with E-state index in [1.165, 1.54) is 6.07 Å². The van der Waals surface area contributed by atoms with Gasteiger partial charge in [-0.05, 0) is 18.6 Å². The van der Waals surface area contributed by atoms with Crippen molar-refractivity contribution >= 4 is 21.6 Å². The van der Waals surface area contributed by atoms with Gasteiger partial charge in [-0.1, -0.05) is 22.0 Å². The van der Waals surface area contributed by atoms with Crippen molar-refractivity contribution < 1.29 is 9.66 Å². The maximum atomic E-state index is 10.7. The topological polar surface area (TPSA) is 52.4 Å². The van der Waals surface area contributed by atoms with Crippen LogP contribution in [0.15, 0.2) is 18.2 Å². The maximum absolute atomic E-state index is 10.7. The summed E-state index contributed by atoms with van der Waals surface area (Å²) >= 11 is 3.24. The molecule has 0 amide bonds. The molecule has 0 aliphatic carbocycles. The van der Waals surface area contributed by atoms with E-state index in [1.54, 1.807) is 19.1 Å². The molecule has 0 radical (unpaired) electrons. The highest BCUT2D eigenvalue weighted by Crippen LogP contribution is 2.28. The van der Waals surface area contributed by atoms with Gasteiger partial charge in [0.05, 0.1) is 11.5 Å². The zero-order chi connectivity index (χ0) is 10.6. The lowest BCUT2D eigenvalue weighted by molar-refractivity contribution is -0.385. The third-order valence-electron chi connectivity index (χ3n) is 1.67. The monoisotopic (exact) mass is 259 g/mol. The number of alkyl halides is 1. The van der Waals surface area contributed by atoms with Gasteiger partial charge in [0.25, 0.3) is 0 Å². The summed E-state index contributed by atoms with van der Waals surface area (Å²) in [6.45, 7) is 2.22. The molecule has 0 N–H and O–H groups in total. The molecule has 0 atom stereocenters. The molecule has 0 unspecified atom stereocenters. The summed E-state index contributed by atoms with van der Waals surface area (Å²) in [5.41, 5.74) is 0.879. The average Bonchev–Trinajstić information content (AvgIpc) is 2.18. The highest BCUT2D eigenvalue weighted by molar-refractivity contribution is 9.08. The molecule has 0 fully saturated rings. The van der Waals surface area contributed by atoms with Crippen LogP contribution >= 0.6 is 15.9 Å². The molecule has 1 rings (SSSR count). The first kappa shape index (κ1) is 11.0. The van der Waals surface area contributed by atoms with Gasteiger partial charge in [-0.3, -0.25) is 10.1 Å². The van der Waals surface area contributed by atoms with Gasteiger partial charge in [-0.15, -0.1) is 0 Å². The molecular formula is C9H10BrNO3. The first-order valence-corrected chi connectivity index (χ1v) is 5.27. The van der Waals surface area contributed by atoms with Crippen molar-refractivity contribution in [2.24, 2.45) is 0 Å². The Balaban J connectivity index is 3.10. The van der Waals surface area contributed by atoms with Crippen LogP contribution in [0.4, 0.5) is 5.69 Å². The molecule has 5 heteroatoms. The van der Waals surface area contributed by atoms with Crippen molar-refractivity contribution in [2.75, 3.05) is 6.61 Å². The molecule has 4 nitrogen and oxygen atoms in total. The number of rotatable bonds is 4. The predicted octanol–water partition coefficient (Wildman–Crippen LogP) is 2.89. The molecule has 0 saturated heterocycles. The second-order valence-electron chi connectivity index (χ2n) is 2.63. The van der Waals surface area contributed by atoms with Crippen LogP contribution in [-0.4, -0.2) is 11.5 Å². The quantitative estimate of drug-likeness (QED) is 0.475. The molecule has 76 valence electrons. The fourth-order valence-corrected chi connectivity index (χ4v) is 1.42. The summed E-state index contributed by atoms with van der Waals surface area (Å²) in [6, 6.07) is 4.94. The number of nitrogens with zero attached hydrogens (tertiary/aromatic N) is 1. The SMILES string of the molecule is CCOc1ccc(CBr)cc1[N+](=O)[O-]. The zero-order valence-electron chi connectivity index (χ0n) is 7.70. The van der Waals surface area contributed by atoms with Crippen LogP contribution in [0.3, 0.4) is 0 Å². The van der Waals surface area contributed by atoms with Crippen molar-refractivity contribution in [3.8, 4) is 5.75 Å². The van der Waals surface area contributed by atoms with Crippen LogP contribution in [0.25, 0.3) is 0 Å². The molecule has 0 spiro atoms. The second kappa shape index (κ2) is 4.95. The van der Waals surface area contributed by atoms with Crippen LogP contribution in [-0.2, 0) is 5.33 Å². The minimum absolute atomic E-state index is 0.0174. The Labute approximate surface area is 90.2 Å². The predicted molar refractivity (Wildman–Crippen MR) is 56.9 cm³/mol. The van der Waals surface area contributed by atoms with E-state index in [0.29, 0.717) is 17.7 Å². The molecule has 1 aromatic rings. The molecular weight excluding hydrogens is 250 g/mol. The van der Waals surface area contributed by atoms with Crippen LogP contribution in [0.1, 0.15) is 12.5 Å². The number of hydrogen-bond donors (Lipinski definition) is 0. The number of ether oxygens (including phenoxy) is 1. The van der Waals surface area contributed by atoms with Crippen molar-refractivity contribution in [3.63, 3.8) is 0 Å². The number of halogens is 1. The minimum Gasteiger partial charge on any atom is -0.487 e. The Morgan fingerprint density at radius 1 is 1.57 bits per heavy atom. The van der Waals surface area contributed by atoms with Crippen LogP contribution in [0.2, 0.25) is 0 Å². The van der Waals surface area contributed by atoms with Gasteiger partial charge in [0, 0.05) is 11.4 Å². The van der Waals surface area contributed by atoms with Gasteiger partial charge in [-0.25, -0.2) is 0 Å². The first-order chi connectivity index (χ1) is 6.69. The van der Waals surface area contributed by atoms with Gasteiger partial charge in [0.15, 0.2) is 5.75 Å². The van der Waals surface area contributed by atoms with E-state index < -0.39 is 4.92 Å². The minimum atomic E-state index is -0.433. The second-order valence-corrected chi connectivity index (χ2v) is 3.19. The Bertz CT molecular complexity index is 341. The summed E-state index contributed by atoms with van der Waals surface area (Å²) in [6.07, 6.45) is 0. The first-order valence-electron chi connectivity index (χ1n) is 4.15. The fraction of sp³-hybridized carbons (Fsp3) is 0.333. The van der Waals surface area contributed by atoms with Crippen LogP contribution in [0, 0.1) is 10.1 Å². The van der Waals surface area contributed by atoms with E-state index in [2.05, 4.69) is 15.9 Å². The van der Waals surface area contributed by atoms with Crippen molar-refractivity contribution in [1.82, 2.24) is 0 Å². The number of benzene rings is 1. The van der Waals surface area contributed by atoms with E-state index in [0.717, 1.165) is 5.56 Å². The standard InChI is InChI=1S/C9H10BrNO3/c1-2-14-9-4-3-7(6-10)5-8(9)11(12)13/h3-5H,2,6H2,1H3. The largest absolute Gasteiger partial charge is 0.487 e. The number of nitro groups is 1. The van der Waals surface area contributed by atoms with Gasteiger partial charge in [0.2, 0.25) is 0 Å². The Hall–Kier alpha value is -1.10. The van der Waals surface area contributed by atoms with E-state index in [4.69, 9.17) is 4.74 Å². The average molecular weight is 260 g/mol. The van der Waals surface area contributed by atoms with Gasteiger partial charge in [0.1, 0.15) is 0 Å². The van der Waals surface area contributed by atoms with Crippen LogP contribution < -0.4 is 4.74 Å². The molecule has 0 aliphatic heterocycles. The summed E-state index contributed by atoms with van der Waals surface area (Å²) in [4.78, 5) is 10.2. The smallest absolute Gasteiger partial charge is 0.311 e. The van der Waals surface area contributed by atoms with Gasteiger partial charge < -0.3 is 4.74 Å². The van der Waals surface area contributed by atoms with E-state index in [9.17, 15) is 10.1 Å². The molecule has 0 aromatic heterocycles. The third kappa shape index (κ3) is 2.45. The summed E-state index contributed by atoms with van der Waals surface area (Å²) < 4.78 is 5.14. The summed E-state index contributed by atoms with van der Waals surface area (Å²) in [7, 11) is 0. The molecule has 1 aromatic carbocycles. The van der Waals surface area contributed by atoms with E-state index in [-0.39, 0.29) is 5.69 Å². The molecule has 0 heterocycles. The number of hydrogen-bond acceptors (Lipinski definition) is 3. The maximum Gasteiger partial charge on any atom is 0.311 e. The Kier molecular flexibility index (Phi) is 3.88. The lowest BCUT2D eigenvalue weighted by atomic mass is 10.2. The van der Waals surface area contributed by atoms with Crippen LogP contribution in [0.5, 0.6) is 5.75 Å². The highest BCUT2D eigenvalue weighted by Gasteiger charge is 2.14. The highest BCUT2D eigenvalue weighted by atomic mass is 79.9. The van der Waals surface area contributed by atoms with E-state index >= 15 is 0 Å². The zero-order valence-corrected chi connectivity index (χ0v) is 9.28. The third-order valence-corrected chi connectivity index (χ3v) is 2.32. The lowest BCUT2D eigenvalue weighted by Crippen LogP contribution is -1.98. The van der Waals surface area contributed by atoms with Crippen molar-refractivity contribution in [3.05, 3.63) is 33.9 Å².